The zero-order valence-electron chi connectivity index (χ0n) is 12.6. The van der Waals surface area contributed by atoms with E-state index in [-0.39, 0.29) is 18.9 Å². The van der Waals surface area contributed by atoms with Crippen molar-refractivity contribution in [2.45, 2.75) is 64.3 Å². The molecule has 1 amide bonds. The molecule has 6 nitrogen and oxygen atoms in total. The van der Waals surface area contributed by atoms with Crippen molar-refractivity contribution in [2.75, 3.05) is 6.54 Å². The number of carboxylic acids is 2. The summed E-state index contributed by atoms with van der Waals surface area (Å²) in [5, 5.41) is 17.8. The zero-order valence-corrected chi connectivity index (χ0v) is 12.6. The third-order valence-electron chi connectivity index (χ3n) is 4.20. The number of hydrogen-bond donors (Lipinski definition) is 2. The SMILES string of the molecule is CC(C(=O)O)N(CCC(=O)O)C(=O)CCC1CCCCC1. The molecular formula is C15H25NO5. The van der Waals surface area contributed by atoms with Crippen LogP contribution in [0.2, 0.25) is 0 Å². The van der Waals surface area contributed by atoms with Crippen molar-refractivity contribution in [3.05, 3.63) is 0 Å². The summed E-state index contributed by atoms with van der Waals surface area (Å²) in [5.41, 5.74) is 0. The Labute approximate surface area is 125 Å². The molecule has 0 bridgehead atoms. The Balaban J connectivity index is 2.52. The normalized spacial score (nSPS) is 17.2. The van der Waals surface area contributed by atoms with Gasteiger partial charge in [-0.1, -0.05) is 32.1 Å². The van der Waals surface area contributed by atoms with Gasteiger partial charge in [0.1, 0.15) is 6.04 Å². The van der Waals surface area contributed by atoms with Crippen LogP contribution in [0.4, 0.5) is 0 Å². The predicted molar refractivity (Wildman–Crippen MR) is 76.9 cm³/mol. The molecule has 120 valence electrons. The molecule has 21 heavy (non-hydrogen) atoms. The van der Waals surface area contributed by atoms with Crippen LogP contribution in [0.5, 0.6) is 0 Å². The van der Waals surface area contributed by atoms with Crippen LogP contribution in [0.3, 0.4) is 0 Å². The number of aliphatic carboxylic acids is 2. The molecule has 6 heteroatoms. The van der Waals surface area contributed by atoms with Gasteiger partial charge in [-0.2, -0.15) is 0 Å². The lowest BCUT2D eigenvalue weighted by Crippen LogP contribution is -2.44. The van der Waals surface area contributed by atoms with E-state index in [1.807, 2.05) is 0 Å². The van der Waals surface area contributed by atoms with Crippen molar-refractivity contribution in [3.63, 3.8) is 0 Å². The van der Waals surface area contributed by atoms with Crippen LogP contribution in [0.25, 0.3) is 0 Å². The van der Waals surface area contributed by atoms with E-state index in [1.165, 1.54) is 31.1 Å². The summed E-state index contributed by atoms with van der Waals surface area (Å²) in [6.45, 7) is 1.37. The van der Waals surface area contributed by atoms with Crippen LogP contribution >= 0.6 is 0 Å². The van der Waals surface area contributed by atoms with Gasteiger partial charge in [0, 0.05) is 13.0 Å². The summed E-state index contributed by atoms with van der Waals surface area (Å²) in [4.78, 5) is 35.1. The van der Waals surface area contributed by atoms with E-state index in [0.717, 1.165) is 19.3 Å². The summed E-state index contributed by atoms with van der Waals surface area (Å²) < 4.78 is 0. The molecule has 0 aromatic rings. The molecule has 0 aromatic heterocycles. The highest BCUT2D eigenvalue weighted by molar-refractivity contribution is 5.83. The van der Waals surface area contributed by atoms with Crippen molar-refractivity contribution in [1.29, 1.82) is 0 Å². The lowest BCUT2D eigenvalue weighted by Gasteiger charge is -2.27. The van der Waals surface area contributed by atoms with Gasteiger partial charge in [0.2, 0.25) is 5.91 Å². The number of carboxylic acid groups (broad SMARTS) is 2. The minimum Gasteiger partial charge on any atom is -0.481 e. The second-order valence-electron chi connectivity index (χ2n) is 5.79. The first-order valence-corrected chi connectivity index (χ1v) is 7.66. The second-order valence-corrected chi connectivity index (χ2v) is 5.79. The van der Waals surface area contributed by atoms with Crippen molar-refractivity contribution < 1.29 is 24.6 Å². The smallest absolute Gasteiger partial charge is 0.326 e. The molecule has 1 fully saturated rings. The van der Waals surface area contributed by atoms with Gasteiger partial charge in [-0.25, -0.2) is 4.79 Å². The molecule has 2 N–H and O–H groups in total. The Morgan fingerprint density at radius 1 is 1.10 bits per heavy atom. The first-order chi connectivity index (χ1) is 9.91. The fourth-order valence-corrected chi connectivity index (χ4v) is 2.83. The molecule has 0 heterocycles. The zero-order chi connectivity index (χ0) is 15.8. The molecule has 1 atom stereocenters. The Bertz CT molecular complexity index is 376. The Morgan fingerprint density at radius 2 is 1.71 bits per heavy atom. The van der Waals surface area contributed by atoms with Crippen LogP contribution in [0.15, 0.2) is 0 Å². The van der Waals surface area contributed by atoms with Gasteiger partial charge in [0.05, 0.1) is 6.42 Å². The van der Waals surface area contributed by atoms with Crippen LogP contribution < -0.4 is 0 Å². The number of hydrogen-bond acceptors (Lipinski definition) is 3. The van der Waals surface area contributed by atoms with Gasteiger partial charge >= 0.3 is 11.9 Å². The van der Waals surface area contributed by atoms with Gasteiger partial charge in [0.15, 0.2) is 0 Å². The molecule has 0 saturated heterocycles. The third kappa shape index (κ3) is 6.14. The van der Waals surface area contributed by atoms with Gasteiger partial charge in [-0.05, 0) is 19.3 Å². The molecule has 1 aliphatic carbocycles. The fourth-order valence-electron chi connectivity index (χ4n) is 2.83. The van der Waals surface area contributed by atoms with E-state index in [0.29, 0.717) is 12.3 Å². The van der Waals surface area contributed by atoms with E-state index >= 15 is 0 Å². The van der Waals surface area contributed by atoms with Gasteiger partial charge < -0.3 is 15.1 Å². The molecular weight excluding hydrogens is 274 g/mol. The second kappa shape index (κ2) is 8.64. The highest BCUT2D eigenvalue weighted by Gasteiger charge is 2.26. The Kier molecular flexibility index (Phi) is 7.19. The monoisotopic (exact) mass is 299 g/mol. The summed E-state index contributed by atoms with van der Waals surface area (Å²) in [6, 6.07) is -0.983. The van der Waals surface area contributed by atoms with E-state index in [2.05, 4.69) is 0 Å². The molecule has 1 rings (SSSR count). The lowest BCUT2D eigenvalue weighted by molar-refractivity contribution is -0.150. The lowest BCUT2D eigenvalue weighted by atomic mass is 9.86. The maximum atomic E-state index is 12.2. The number of carbonyl (C=O) groups is 3. The van der Waals surface area contributed by atoms with Gasteiger partial charge in [0.25, 0.3) is 0 Å². The van der Waals surface area contributed by atoms with Gasteiger partial charge in [-0.3, -0.25) is 9.59 Å². The maximum absolute atomic E-state index is 12.2. The van der Waals surface area contributed by atoms with E-state index < -0.39 is 18.0 Å². The van der Waals surface area contributed by atoms with Crippen LogP contribution in [0, 0.1) is 5.92 Å². The molecule has 1 saturated carbocycles. The molecule has 0 spiro atoms. The van der Waals surface area contributed by atoms with Crippen molar-refractivity contribution in [3.8, 4) is 0 Å². The standard InChI is InChI=1S/C15H25NO5/c1-11(15(20)21)16(10-9-14(18)19)13(17)8-7-12-5-3-2-4-6-12/h11-12H,2-10H2,1H3,(H,18,19)(H,20,21). The van der Waals surface area contributed by atoms with E-state index in [4.69, 9.17) is 10.2 Å². The van der Waals surface area contributed by atoms with Crippen molar-refractivity contribution >= 4 is 17.8 Å². The molecule has 0 aromatic carbocycles. The highest BCUT2D eigenvalue weighted by Crippen LogP contribution is 2.27. The fraction of sp³-hybridized carbons (Fsp3) is 0.800. The number of nitrogens with zero attached hydrogens (tertiary/aromatic N) is 1. The summed E-state index contributed by atoms with van der Waals surface area (Å²) >= 11 is 0. The minimum atomic E-state index is -1.11. The molecule has 0 radical (unpaired) electrons. The average molecular weight is 299 g/mol. The molecule has 1 aliphatic rings. The van der Waals surface area contributed by atoms with Gasteiger partial charge in [-0.15, -0.1) is 0 Å². The minimum absolute atomic E-state index is 0.0493. The summed E-state index contributed by atoms with van der Waals surface area (Å²) in [6.07, 6.45) is 6.78. The topological polar surface area (TPSA) is 94.9 Å². The van der Waals surface area contributed by atoms with E-state index in [1.54, 1.807) is 0 Å². The largest absolute Gasteiger partial charge is 0.481 e. The molecule has 0 aliphatic heterocycles. The van der Waals surface area contributed by atoms with Crippen molar-refractivity contribution in [2.24, 2.45) is 5.92 Å². The summed E-state index contributed by atoms with van der Waals surface area (Å²) in [5.74, 6) is -1.84. The first-order valence-electron chi connectivity index (χ1n) is 7.66. The summed E-state index contributed by atoms with van der Waals surface area (Å²) in [7, 11) is 0. The van der Waals surface area contributed by atoms with Crippen LogP contribution in [0.1, 0.15) is 58.3 Å². The number of carbonyl (C=O) groups excluding carboxylic acids is 1. The quantitative estimate of drug-likeness (QED) is 0.716. The Morgan fingerprint density at radius 3 is 2.24 bits per heavy atom. The average Bonchev–Trinajstić information content (AvgIpc) is 2.45. The first kappa shape index (κ1) is 17.5. The highest BCUT2D eigenvalue weighted by atomic mass is 16.4. The van der Waals surface area contributed by atoms with Crippen LogP contribution in [-0.4, -0.2) is 45.5 Å². The molecule has 1 unspecified atom stereocenters. The van der Waals surface area contributed by atoms with Crippen molar-refractivity contribution in [1.82, 2.24) is 4.90 Å². The van der Waals surface area contributed by atoms with Crippen LogP contribution in [-0.2, 0) is 14.4 Å². The number of rotatable bonds is 8. The Hall–Kier alpha value is -1.59. The number of amides is 1. The van der Waals surface area contributed by atoms with E-state index in [9.17, 15) is 14.4 Å². The third-order valence-corrected chi connectivity index (χ3v) is 4.20. The predicted octanol–water partition coefficient (Wildman–Crippen LogP) is 2.12. The maximum Gasteiger partial charge on any atom is 0.326 e.